The van der Waals surface area contributed by atoms with Crippen LogP contribution in [-0.2, 0) is 4.79 Å². The van der Waals surface area contributed by atoms with Gasteiger partial charge in [-0.3, -0.25) is 14.4 Å². The summed E-state index contributed by atoms with van der Waals surface area (Å²) < 4.78 is 5.27. The third kappa shape index (κ3) is 4.76. The second-order valence-corrected chi connectivity index (χ2v) is 9.26. The number of thiophene rings is 1. The molecule has 0 spiro atoms. The number of aldehydes is 1. The van der Waals surface area contributed by atoms with E-state index in [2.05, 4.69) is 15.3 Å². The molecule has 0 aliphatic heterocycles. The molecule has 2 heterocycles. The summed E-state index contributed by atoms with van der Waals surface area (Å²) in [6.07, 6.45) is 0.623. The van der Waals surface area contributed by atoms with E-state index in [9.17, 15) is 19.5 Å². The number of carbonyl (C=O) groups excluding carboxylic acids is 2. The van der Waals surface area contributed by atoms with Crippen molar-refractivity contribution in [2.45, 2.75) is 17.3 Å². The first-order valence-corrected chi connectivity index (χ1v) is 11.6. The predicted molar refractivity (Wildman–Crippen MR) is 130 cm³/mol. The second kappa shape index (κ2) is 9.47. The summed E-state index contributed by atoms with van der Waals surface area (Å²) in [5.74, 6) is 0.125. The van der Waals surface area contributed by atoms with Crippen LogP contribution in [0.25, 0.3) is 21.3 Å². The number of phenolic OH excluding ortho intramolecular Hbond substituents is 1. The van der Waals surface area contributed by atoms with Gasteiger partial charge in [0.25, 0.3) is 5.56 Å². The van der Waals surface area contributed by atoms with Crippen molar-refractivity contribution < 1.29 is 19.4 Å². The summed E-state index contributed by atoms with van der Waals surface area (Å²) in [4.78, 5) is 44.2. The van der Waals surface area contributed by atoms with E-state index in [0.29, 0.717) is 33.0 Å². The largest absolute Gasteiger partial charge is 0.506 e. The average molecular weight is 482 g/mol. The van der Waals surface area contributed by atoms with Crippen LogP contribution in [0.2, 0.25) is 0 Å². The molecule has 1 unspecified atom stereocenters. The van der Waals surface area contributed by atoms with Gasteiger partial charge in [-0.1, -0.05) is 23.9 Å². The standard InChI is InChI=1S/C23H19N3O5S2/c1-12(20(29)24-17-8-13(10-27)6-7-18(17)28)33-23-25-21(30)19-16(11-32-22(19)26-23)14-4-3-5-15(9-14)31-2/h3-12,28H,1-2H3,(H,24,29)(H,25,26,30). The Morgan fingerprint density at radius 3 is 2.88 bits per heavy atom. The molecule has 8 nitrogen and oxygen atoms in total. The number of fused-ring (bicyclic) bond motifs is 1. The molecule has 2 aromatic heterocycles. The lowest BCUT2D eigenvalue weighted by Gasteiger charge is -2.12. The van der Waals surface area contributed by atoms with Gasteiger partial charge < -0.3 is 20.1 Å². The van der Waals surface area contributed by atoms with Gasteiger partial charge >= 0.3 is 0 Å². The monoisotopic (exact) mass is 481 g/mol. The van der Waals surface area contributed by atoms with Crippen molar-refractivity contribution >= 4 is 51.2 Å². The fraction of sp³-hybridized carbons (Fsp3) is 0.130. The fourth-order valence-corrected chi connectivity index (χ4v) is 4.97. The van der Waals surface area contributed by atoms with E-state index in [1.165, 1.54) is 29.5 Å². The Bertz CT molecular complexity index is 1410. The maximum absolute atomic E-state index is 12.9. The number of amides is 1. The normalized spacial score (nSPS) is 11.8. The van der Waals surface area contributed by atoms with Gasteiger partial charge in [-0.2, -0.15) is 0 Å². The summed E-state index contributed by atoms with van der Waals surface area (Å²) in [6.45, 7) is 1.65. The molecule has 0 saturated heterocycles. The quantitative estimate of drug-likeness (QED) is 0.156. The number of carbonyl (C=O) groups is 2. The molecule has 3 N–H and O–H groups in total. The Labute approximate surface area is 196 Å². The van der Waals surface area contributed by atoms with Crippen LogP contribution >= 0.6 is 23.1 Å². The topological polar surface area (TPSA) is 121 Å². The highest BCUT2D eigenvalue weighted by Crippen LogP contribution is 2.33. The fourth-order valence-electron chi connectivity index (χ4n) is 3.17. The highest BCUT2D eigenvalue weighted by molar-refractivity contribution is 8.00. The Morgan fingerprint density at radius 2 is 2.12 bits per heavy atom. The Balaban J connectivity index is 1.56. The van der Waals surface area contributed by atoms with Crippen molar-refractivity contribution in [2.75, 3.05) is 12.4 Å². The molecule has 0 aliphatic carbocycles. The molecule has 0 aliphatic rings. The van der Waals surface area contributed by atoms with Crippen LogP contribution in [0, 0.1) is 0 Å². The third-order valence-electron chi connectivity index (χ3n) is 4.88. The van der Waals surface area contributed by atoms with Crippen LogP contribution in [0.15, 0.2) is 57.8 Å². The lowest BCUT2D eigenvalue weighted by Crippen LogP contribution is -2.23. The third-order valence-corrected chi connectivity index (χ3v) is 6.73. The van der Waals surface area contributed by atoms with Crippen molar-refractivity contribution in [1.82, 2.24) is 9.97 Å². The Hall–Kier alpha value is -3.63. The summed E-state index contributed by atoms with van der Waals surface area (Å²) in [7, 11) is 1.58. The number of hydrogen-bond acceptors (Lipinski definition) is 8. The minimum absolute atomic E-state index is 0.134. The van der Waals surface area contributed by atoms with Crippen molar-refractivity contribution in [3.63, 3.8) is 0 Å². The minimum Gasteiger partial charge on any atom is -0.506 e. The molecule has 4 rings (SSSR count). The van der Waals surface area contributed by atoms with Crippen molar-refractivity contribution in [3.05, 3.63) is 63.8 Å². The van der Waals surface area contributed by atoms with E-state index in [4.69, 9.17) is 4.74 Å². The first-order chi connectivity index (χ1) is 15.9. The lowest BCUT2D eigenvalue weighted by molar-refractivity contribution is -0.115. The number of aromatic amines is 1. The van der Waals surface area contributed by atoms with Crippen molar-refractivity contribution in [2.24, 2.45) is 0 Å². The molecule has 1 atom stereocenters. The Kier molecular flexibility index (Phi) is 6.47. The molecule has 10 heteroatoms. The van der Waals surface area contributed by atoms with Crippen molar-refractivity contribution in [3.8, 4) is 22.6 Å². The first kappa shape index (κ1) is 22.6. The number of anilines is 1. The SMILES string of the molecule is COc1cccc(-c2csc3nc(SC(C)C(=O)Nc4cc(C=O)ccc4O)[nH]c(=O)c23)c1. The van der Waals surface area contributed by atoms with Gasteiger partial charge in [0.05, 0.1) is 23.4 Å². The lowest BCUT2D eigenvalue weighted by atomic mass is 10.1. The number of H-pyrrole nitrogens is 1. The van der Waals surface area contributed by atoms with Crippen LogP contribution in [0.5, 0.6) is 11.5 Å². The molecule has 2 aromatic carbocycles. The smallest absolute Gasteiger partial charge is 0.260 e. The summed E-state index contributed by atoms with van der Waals surface area (Å²) in [5, 5.41) is 14.5. The van der Waals surface area contributed by atoms with E-state index in [1.54, 1.807) is 14.0 Å². The second-order valence-electron chi connectivity index (χ2n) is 7.08. The van der Waals surface area contributed by atoms with Gasteiger partial charge in [0, 0.05) is 16.5 Å². The van der Waals surface area contributed by atoms with Crippen LogP contribution in [-0.4, -0.2) is 39.6 Å². The van der Waals surface area contributed by atoms with Gasteiger partial charge in [0.2, 0.25) is 5.91 Å². The number of phenols is 1. The average Bonchev–Trinajstić information content (AvgIpc) is 3.25. The minimum atomic E-state index is -0.636. The van der Waals surface area contributed by atoms with E-state index in [-0.39, 0.29) is 17.0 Å². The zero-order chi connectivity index (χ0) is 23.5. The van der Waals surface area contributed by atoms with Crippen LogP contribution in [0.4, 0.5) is 5.69 Å². The van der Waals surface area contributed by atoms with Crippen LogP contribution < -0.4 is 15.6 Å². The van der Waals surface area contributed by atoms with Gasteiger partial charge in [-0.15, -0.1) is 11.3 Å². The predicted octanol–water partition coefficient (Wildman–Crippen LogP) is 4.30. The molecule has 0 fully saturated rings. The number of ether oxygens (including phenoxy) is 1. The number of hydrogen-bond donors (Lipinski definition) is 3. The number of nitrogens with one attached hydrogen (secondary N) is 2. The van der Waals surface area contributed by atoms with Crippen LogP contribution in [0.3, 0.4) is 0 Å². The number of aromatic hydroxyl groups is 1. The number of rotatable bonds is 7. The van der Waals surface area contributed by atoms with Crippen LogP contribution in [0.1, 0.15) is 17.3 Å². The number of nitrogens with zero attached hydrogens (tertiary/aromatic N) is 1. The summed E-state index contributed by atoms with van der Waals surface area (Å²) in [5.41, 5.74) is 1.76. The van der Waals surface area contributed by atoms with Crippen molar-refractivity contribution in [1.29, 1.82) is 0 Å². The van der Waals surface area contributed by atoms with Gasteiger partial charge in [0.1, 0.15) is 22.6 Å². The number of thioether (sulfide) groups is 1. The highest BCUT2D eigenvalue weighted by Gasteiger charge is 2.20. The molecular formula is C23H19N3O5S2. The number of aromatic nitrogens is 2. The molecule has 0 radical (unpaired) electrons. The number of methoxy groups -OCH3 is 1. The highest BCUT2D eigenvalue weighted by atomic mass is 32.2. The van der Waals surface area contributed by atoms with E-state index in [1.807, 2.05) is 29.6 Å². The molecule has 168 valence electrons. The van der Waals surface area contributed by atoms with E-state index < -0.39 is 11.2 Å². The van der Waals surface area contributed by atoms with E-state index in [0.717, 1.165) is 22.9 Å². The number of benzene rings is 2. The summed E-state index contributed by atoms with van der Waals surface area (Å²) >= 11 is 2.43. The summed E-state index contributed by atoms with van der Waals surface area (Å²) in [6, 6.07) is 11.6. The zero-order valence-electron chi connectivity index (χ0n) is 17.6. The first-order valence-electron chi connectivity index (χ1n) is 9.81. The maximum atomic E-state index is 12.9. The molecule has 0 bridgehead atoms. The molecule has 4 aromatic rings. The van der Waals surface area contributed by atoms with Gasteiger partial charge in [0.15, 0.2) is 5.16 Å². The molecular weight excluding hydrogens is 462 g/mol. The molecule has 1 amide bonds. The Morgan fingerprint density at radius 1 is 1.30 bits per heavy atom. The molecule has 0 saturated carbocycles. The van der Waals surface area contributed by atoms with E-state index >= 15 is 0 Å². The van der Waals surface area contributed by atoms with Gasteiger partial charge in [-0.05, 0) is 42.8 Å². The molecule has 33 heavy (non-hydrogen) atoms. The van der Waals surface area contributed by atoms with Gasteiger partial charge in [-0.25, -0.2) is 4.98 Å². The maximum Gasteiger partial charge on any atom is 0.260 e. The zero-order valence-corrected chi connectivity index (χ0v) is 19.3.